The predicted octanol–water partition coefficient (Wildman–Crippen LogP) is 2.93. The van der Waals surface area contributed by atoms with E-state index in [1.807, 2.05) is 30.3 Å². The van der Waals surface area contributed by atoms with Gasteiger partial charge < -0.3 is 14.8 Å². The van der Waals surface area contributed by atoms with Crippen LogP contribution in [0.3, 0.4) is 0 Å². The average Bonchev–Trinajstić information content (AvgIpc) is 2.34. The van der Waals surface area contributed by atoms with E-state index in [1.165, 1.54) is 13.8 Å². The molecular weight excluding hydrogens is 256 g/mol. The molecule has 0 saturated heterocycles. The molecule has 4 nitrogen and oxygen atoms in total. The molecule has 0 unspecified atom stereocenters. The van der Waals surface area contributed by atoms with Crippen molar-refractivity contribution in [3.05, 3.63) is 35.9 Å². The molecule has 0 spiro atoms. The minimum atomic E-state index is -2.88. The van der Waals surface area contributed by atoms with Crippen LogP contribution in [0.4, 0.5) is 13.6 Å². The summed E-state index contributed by atoms with van der Waals surface area (Å²) < 4.78 is 33.4. The number of alkyl carbamates (subject to hydrolysis) is 1. The number of halogens is 2. The van der Waals surface area contributed by atoms with Crippen molar-refractivity contribution in [1.29, 1.82) is 0 Å². The Morgan fingerprint density at radius 3 is 2.53 bits per heavy atom. The Hall–Kier alpha value is -1.69. The van der Waals surface area contributed by atoms with Crippen LogP contribution in [0.25, 0.3) is 0 Å². The first-order valence-corrected chi connectivity index (χ1v) is 5.79. The highest BCUT2D eigenvalue weighted by Crippen LogP contribution is 2.12. The molecule has 0 aliphatic carbocycles. The maximum absolute atomic E-state index is 12.1. The van der Waals surface area contributed by atoms with Crippen LogP contribution in [0.5, 0.6) is 0 Å². The molecule has 0 aromatic heterocycles. The summed E-state index contributed by atoms with van der Waals surface area (Å²) in [6.45, 7) is 0.0956. The zero-order chi connectivity index (χ0) is 14.3. The first-order valence-electron chi connectivity index (χ1n) is 5.79. The van der Waals surface area contributed by atoms with Crippen molar-refractivity contribution in [3.63, 3.8) is 0 Å². The van der Waals surface area contributed by atoms with Crippen LogP contribution in [0.1, 0.15) is 19.4 Å². The number of carbonyl (C=O) groups is 1. The summed E-state index contributed by atoms with van der Waals surface area (Å²) in [5, 5.41) is 2.38. The maximum atomic E-state index is 12.1. The van der Waals surface area contributed by atoms with Crippen molar-refractivity contribution in [2.75, 3.05) is 6.54 Å². The van der Waals surface area contributed by atoms with Crippen molar-refractivity contribution >= 4 is 6.09 Å². The van der Waals surface area contributed by atoms with Crippen LogP contribution in [0.15, 0.2) is 30.3 Å². The summed E-state index contributed by atoms with van der Waals surface area (Å²) in [6, 6.07) is 9.15. The first-order chi connectivity index (χ1) is 8.89. The predicted molar refractivity (Wildman–Crippen MR) is 65.8 cm³/mol. The van der Waals surface area contributed by atoms with Crippen molar-refractivity contribution in [2.24, 2.45) is 0 Å². The smallest absolute Gasteiger partial charge is 0.407 e. The monoisotopic (exact) mass is 273 g/mol. The third-order valence-corrected chi connectivity index (χ3v) is 2.28. The number of benzene rings is 1. The van der Waals surface area contributed by atoms with E-state index in [-0.39, 0.29) is 13.2 Å². The Bertz CT molecular complexity index is 396. The van der Waals surface area contributed by atoms with E-state index in [4.69, 9.17) is 4.74 Å². The van der Waals surface area contributed by atoms with Gasteiger partial charge >= 0.3 is 12.7 Å². The normalized spacial score (nSPS) is 11.4. The van der Waals surface area contributed by atoms with Gasteiger partial charge in [0, 0.05) is 6.54 Å². The highest BCUT2D eigenvalue weighted by Gasteiger charge is 2.24. The molecule has 1 aromatic rings. The molecule has 0 aliphatic rings. The summed E-state index contributed by atoms with van der Waals surface area (Å²) in [5.74, 6) is 0. The van der Waals surface area contributed by atoms with Crippen molar-refractivity contribution < 1.29 is 23.0 Å². The topological polar surface area (TPSA) is 47.6 Å². The van der Waals surface area contributed by atoms with Crippen LogP contribution in [0.2, 0.25) is 0 Å². The summed E-state index contributed by atoms with van der Waals surface area (Å²) >= 11 is 0. The van der Waals surface area contributed by atoms with E-state index >= 15 is 0 Å². The lowest BCUT2D eigenvalue weighted by Gasteiger charge is -2.24. The number of carbonyl (C=O) groups excluding carboxylic acids is 1. The molecule has 1 rings (SSSR count). The molecule has 0 radical (unpaired) electrons. The van der Waals surface area contributed by atoms with E-state index < -0.39 is 18.3 Å². The minimum absolute atomic E-state index is 0.0645. The molecule has 1 amide bonds. The Balaban J connectivity index is 2.28. The van der Waals surface area contributed by atoms with Crippen molar-refractivity contribution in [2.45, 2.75) is 32.7 Å². The number of amides is 1. The van der Waals surface area contributed by atoms with Crippen LogP contribution in [-0.2, 0) is 16.1 Å². The first kappa shape index (κ1) is 15.4. The van der Waals surface area contributed by atoms with Crippen molar-refractivity contribution in [3.8, 4) is 0 Å². The standard InChI is InChI=1S/C13H17F2NO3/c1-13(2,19-11(14)15)9-16-12(17)18-8-10-6-4-3-5-7-10/h3-7,11H,8-9H2,1-2H3,(H,16,17). The molecule has 1 N–H and O–H groups in total. The Morgan fingerprint density at radius 1 is 1.32 bits per heavy atom. The van der Waals surface area contributed by atoms with Crippen LogP contribution in [-0.4, -0.2) is 24.9 Å². The van der Waals surface area contributed by atoms with Gasteiger partial charge in [-0.3, -0.25) is 0 Å². The number of ether oxygens (including phenoxy) is 2. The molecule has 106 valence electrons. The highest BCUT2D eigenvalue weighted by atomic mass is 19.3. The molecular formula is C13H17F2NO3. The second-order valence-corrected chi connectivity index (χ2v) is 4.55. The lowest BCUT2D eigenvalue weighted by atomic mass is 10.1. The van der Waals surface area contributed by atoms with Gasteiger partial charge in [0.1, 0.15) is 6.61 Å². The van der Waals surface area contributed by atoms with E-state index in [0.717, 1.165) is 5.56 Å². The SMILES string of the molecule is CC(C)(CNC(=O)OCc1ccccc1)OC(F)F. The number of rotatable bonds is 6. The average molecular weight is 273 g/mol. The Morgan fingerprint density at radius 2 is 1.95 bits per heavy atom. The number of hydrogen-bond donors (Lipinski definition) is 1. The van der Waals surface area contributed by atoms with Crippen LogP contribution < -0.4 is 5.32 Å². The summed E-state index contributed by atoms with van der Waals surface area (Å²) in [6.07, 6.45) is -0.671. The molecule has 0 heterocycles. The van der Waals surface area contributed by atoms with E-state index in [2.05, 4.69) is 10.1 Å². The zero-order valence-electron chi connectivity index (χ0n) is 10.9. The molecule has 6 heteroatoms. The Kier molecular flexibility index (Phi) is 5.69. The third kappa shape index (κ3) is 6.71. The zero-order valence-corrected chi connectivity index (χ0v) is 10.9. The van der Waals surface area contributed by atoms with Gasteiger partial charge in [-0.15, -0.1) is 0 Å². The molecule has 0 aliphatic heterocycles. The maximum Gasteiger partial charge on any atom is 0.407 e. The fraction of sp³-hybridized carbons (Fsp3) is 0.462. The fourth-order valence-corrected chi connectivity index (χ4v) is 1.34. The number of alkyl halides is 2. The summed E-state index contributed by atoms with van der Waals surface area (Å²) in [5.41, 5.74) is -0.305. The molecule has 1 aromatic carbocycles. The van der Waals surface area contributed by atoms with Gasteiger partial charge in [-0.25, -0.2) is 4.79 Å². The minimum Gasteiger partial charge on any atom is -0.445 e. The largest absolute Gasteiger partial charge is 0.445 e. The van der Waals surface area contributed by atoms with E-state index in [0.29, 0.717) is 0 Å². The molecule has 0 fully saturated rings. The van der Waals surface area contributed by atoms with Gasteiger partial charge in [-0.2, -0.15) is 8.78 Å². The van der Waals surface area contributed by atoms with E-state index in [1.54, 1.807) is 0 Å². The fourth-order valence-electron chi connectivity index (χ4n) is 1.34. The quantitative estimate of drug-likeness (QED) is 0.867. The van der Waals surface area contributed by atoms with Gasteiger partial charge in [0.15, 0.2) is 0 Å². The van der Waals surface area contributed by atoms with Crippen molar-refractivity contribution in [1.82, 2.24) is 5.32 Å². The molecule has 19 heavy (non-hydrogen) atoms. The molecule has 0 atom stereocenters. The Labute approximate surface area is 110 Å². The van der Waals surface area contributed by atoms with Gasteiger partial charge in [0.25, 0.3) is 0 Å². The second-order valence-electron chi connectivity index (χ2n) is 4.55. The van der Waals surface area contributed by atoms with Gasteiger partial charge in [0.2, 0.25) is 0 Å². The summed E-state index contributed by atoms with van der Waals surface area (Å²) in [4.78, 5) is 11.4. The summed E-state index contributed by atoms with van der Waals surface area (Å²) in [7, 11) is 0. The van der Waals surface area contributed by atoms with Crippen LogP contribution in [0, 0.1) is 0 Å². The lowest BCUT2D eigenvalue weighted by Crippen LogP contribution is -2.41. The third-order valence-electron chi connectivity index (χ3n) is 2.28. The van der Waals surface area contributed by atoms with Crippen LogP contribution >= 0.6 is 0 Å². The molecule has 0 bridgehead atoms. The number of hydrogen-bond acceptors (Lipinski definition) is 3. The van der Waals surface area contributed by atoms with Gasteiger partial charge in [-0.1, -0.05) is 30.3 Å². The lowest BCUT2D eigenvalue weighted by molar-refractivity contribution is -0.194. The van der Waals surface area contributed by atoms with E-state index in [9.17, 15) is 13.6 Å². The van der Waals surface area contributed by atoms with Gasteiger partial charge in [0.05, 0.1) is 5.60 Å². The molecule has 0 saturated carbocycles. The highest BCUT2D eigenvalue weighted by molar-refractivity contribution is 5.67. The second kappa shape index (κ2) is 7.04. The van der Waals surface area contributed by atoms with Gasteiger partial charge in [-0.05, 0) is 19.4 Å². The number of nitrogens with one attached hydrogen (secondary N) is 1.